The monoisotopic (exact) mass is 1810 g/mol. The van der Waals surface area contributed by atoms with Crippen LogP contribution in [0, 0.1) is 41.5 Å². The Hall–Kier alpha value is -12.2. The van der Waals surface area contributed by atoms with E-state index in [0.29, 0.717) is 0 Å². The predicted molar refractivity (Wildman–Crippen MR) is 645 cm³/mol. The largest absolute Gasteiger partial charge is 0.0683 e. The van der Waals surface area contributed by atoms with Crippen molar-refractivity contribution in [3.63, 3.8) is 0 Å². The molecule has 23 rings (SSSR count). The molecule has 23 aromatic rings. The molecule has 0 spiro atoms. The smallest absolute Gasteiger partial charge is 0.00241 e. The first-order valence-corrected chi connectivity index (χ1v) is 53.1. The van der Waals surface area contributed by atoms with Gasteiger partial charge in [0.25, 0.3) is 0 Å². The minimum Gasteiger partial charge on any atom is -0.0683 e. The van der Waals surface area contributed by atoms with E-state index in [4.69, 9.17) is 0 Å². The van der Waals surface area contributed by atoms with Gasteiger partial charge in [0.15, 0.2) is 0 Å². The predicted octanol–water partition coefficient (Wildman–Crippen LogP) is 47.2. The lowest BCUT2D eigenvalue weighted by Gasteiger charge is -2.12. The van der Waals surface area contributed by atoms with Gasteiger partial charge in [0.1, 0.15) is 0 Å². The molecule has 136 heavy (non-hydrogen) atoms. The van der Waals surface area contributed by atoms with Crippen molar-refractivity contribution in [3.8, 4) is 0 Å². The van der Waals surface area contributed by atoms with E-state index in [1.165, 1.54) is 217 Å². The first-order chi connectivity index (χ1) is 67.0. The van der Waals surface area contributed by atoms with Gasteiger partial charge < -0.3 is 0 Å². The summed E-state index contributed by atoms with van der Waals surface area (Å²) >= 11 is 0. The highest BCUT2D eigenvalue weighted by Crippen LogP contribution is 2.42. The average molecular weight is 1810 g/mol. The SMILES string of the molecule is CC.CC.CC.CC.CC.CC.CC.CC.CC.CC.CC.CC.CC.CC.CC.CC.CC.CC.Cc1cc2ccc3cccc4ccc(c1)c2c34.Cc1cc2cccc3ccc4cccc1c4c32.Cc1cc2cccc3ccc4cccc1c4c32.Cc1ccc2ccc3cccc4ccc1c2c34.Cc1ccc2ccc3cccc4ccc1c2c34.Cc1ccc2ccc3ccccc3c2c1. The van der Waals surface area contributed by atoms with Crippen molar-refractivity contribution >= 4 is 183 Å². The molecule has 0 N–H and O–H groups in total. The maximum Gasteiger partial charge on any atom is -0.00241 e. The maximum absolute atomic E-state index is 2.30. The first-order valence-electron chi connectivity index (χ1n) is 53.1. The minimum absolute atomic E-state index is 1.32. The molecule has 0 aliphatic carbocycles. The van der Waals surface area contributed by atoms with Crippen molar-refractivity contribution in [2.45, 2.75) is 291 Å². The third kappa shape index (κ3) is 29.6. The number of rotatable bonds is 0. The lowest BCUT2D eigenvalue weighted by atomic mass is 9.92. The van der Waals surface area contributed by atoms with E-state index >= 15 is 0 Å². The van der Waals surface area contributed by atoms with Crippen LogP contribution < -0.4 is 0 Å². The molecule has 0 heterocycles. The molecule has 0 aromatic heterocycles. The zero-order valence-corrected chi connectivity index (χ0v) is 93.2. The minimum atomic E-state index is 1.32. The van der Waals surface area contributed by atoms with E-state index in [9.17, 15) is 0 Å². The summed E-state index contributed by atoms with van der Waals surface area (Å²) < 4.78 is 0. The quantitative estimate of drug-likeness (QED) is 0.133. The van der Waals surface area contributed by atoms with E-state index in [-0.39, 0.29) is 0 Å². The van der Waals surface area contributed by atoms with Gasteiger partial charge in [-0.1, -0.05) is 582 Å². The standard InChI is InChI=1S/5C17H12.C15H12.18C2H6/c2*1-11-10-14-6-2-4-12-8-9-13-5-3-7-15(11)17(13)16(12)14;1-11-9-14-7-5-12-3-2-4-13-6-8-15(10-11)17(14)16(12)13;2*1-11-5-6-14-8-7-12-3-2-4-13-9-10-15(11)17(14)16(12)13;1-11-6-7-13-9-8-12-4-2-3-5-14(12)15(13)10-11;18*1-2/h5*2-10H,1H3;2-10H,1H3;18*1-2H3. The van der Waals surface area contributed by atoms with E-state index in [2.05, 4.69) is 369 Å². The molecule has 0 fully saturated rings. The molecule has 0 saturated carbocycles. The van der Waals surface area contributed by atoms with Crippen LogP contribution in [0.15, 0.2) is 328 Å². The summed E-state index contributed by atoms with van der Waals surface area (Å²) in [6.45, 7) is 85.1. The normalized spacial score (nSPS) is 9.40. The Balaban J connectivity index is 0.00000151. The summed E-state index contributed by atoms with van der Waals surface area (Å²) in [5.74, 6) is 0. The average Bonchev–Trinajstić information content (AvgIpc) is 0.758. The van der Waals surface area contributed by atoms with Crippen LogP contribution in [-0.2, 0) is 0 Å². The summed E-state index contributed by atoms with van der Waals surface area (Å²) in [7, 11) is 0. The van der Waals surface area contributed by atoms with Crippen LogP contribution >= 0.6 is 0 Å². The van der Waals surface area contributed by atoms with Gasteiger partial charge >= 0.3 is 0 Å². The van der Waals surface area contributed by atoms with Crippen LogP contribution in [0.2, 0.25) is 0 Å². The molecule has 0 atom stereocenters. The Morgan fingerprint density at radius 2 is 0.265 bits per heavy atom. The number of hydrogen-bond donors (Lipinski definition) is 0. The first kappa shape index (κ1) is 124. The van der Waals surface area contributed by atoms with Gasteiger partial charge in [-0.15, -0.1) is 0 Å². The molecule has 0 aliphatic heterocycles. The molecule has 0 unspecified atom stereocenters. The molecule has 0 radical (unpaired) electrons. The number of fused-ring (bicyclic) bond motifs is 3. The highest BCUT2D eigenvalue weighted by molar-refractivity contribution is 6.28. The molecule has 0 aliphatic rings. The lowest BCUT2D eigenvalue weighted by molar-refractivity contribution is 1.50. The van der Waals surface area contributed by atoms with E-state index < -0.39 is 0 Å². The molecule has 0 heteroatoms. The second kappa shape index (κ2) is 69.6. The van der Waals surface area contributed by atoms with Crippen LogP contribution in [0.4, 0.5) is 0 Å². The van der Waals surface area contributed by atoms with Crippen molar-refractivity contribution in [1.82, 2.24) is 0 Å². The third-order valence-corrected chi connectivity index (χ3v) is 21.4. The Kier molecular flexibility index (Phi) is 63.3. The van der Waals surface area contributed by atoms with E-state index in [1.807, 2.05) is 249 Å². The molecular formula is C136H180. The summed E-state index contributed by atoms with van der Waals surface area (Å²) in [6, 6.07) is 119. The van der Waals surface area contributed by atoms with Crippen LogP contribution in [0.3, 0.4) is 0 Å². The van der Waals surface area contributed by atoms with Gasteiger partial charge in [0, 0.05) is 0 Å². The fourth-order valence-electron chi connectivity index (χ4n) is 16.7. The second-order valence-corrected chi connectivity index (χ2v) is 27.8. The number of benzene rings is 23. The van der Waals surface area contributed by atoms with E-state index in [0.717, 1.165) is 0 Å². The molecule has 0 amide bonds. The van der Waals surface area contributed by atoms with Crippen LogP contribution in [0.5, 0.6) is 0 Å². The Labute approximate surface area is 829 Å². The third-order valence-electron chi connectivity index (χ3n) is 21.4. The highest BCUT2D eigenvalue weighted by Gasteiger charge is 2.15. The van der Waals surface area contributed by atoms with Gasteiger partial charge in [-0.2, -0.15) is 0 Å². The maximum atomic E-state index is 2.30. The van der Waals surface area contributed by atoms with Gasteiger partial charge in [-0.25, -0.2) is 0 Å². The summed E-state index contributed by atoms with van der Waals surface area (Å²) in [4.78, 5) is 0. The summed E-state index contributed by atoms with van der Waals surface area (Å²) in [6.07, 6.45) is 0. The Morgan fingerprint density at radius 1 is 0.0956 bits per heavy atom. The number of aryl methyl sites for hydroxylation is 6. The highest BCUT2D eigenvalue weighted by atomic mass is 14.2. The van der Waals surface area contributed by atoms with Crippen molar-refractivity contribution < 1.29 is 0 Å². The van der Waals surface area contributed by atoms with Crippen LogP contribution in [-0.4, -0.2) is 0 Å². The number of hydrogen-bond acceptors (Lipinski definition) is 0. The Bertz CT molecular complexity index is 6530. The van der Waals surface area contributed by atoms with Crippen LogP contribution in [0.25, 0.3) is 183 Å². The molecule has 0 bridgehead atoms. The van der Waals surface area contributed by atoms with Crippen LogP contribution in [0.1, 0.15) is 283 Å². The van der Waals surface area contributed by atoms with Gasteiger partial charge in [-0.05, 0) is 252 Å². The molecule has 0 nitrogen and oxygen atoms in total. The van der Waals surface area contributed by atoms with Gasteiger partial charge in [0.2, 0.25) is 0 Å². The van der Waals surface area contributed by atoms with Crippen molar-refractivity contribution in [1.29, 1.82) is 0 Å². The molecular weight excluding hydrogens is 1630 g/mol. The molecule has 23 aromatic carbocycles. The summed E-state index contributed by atoms with van der Waals surface area (Å²) in [5.41, 5.74) is 8.09. The van der Waals surface area contributed by atoms with E-state index in [1.54, 1.807) is 0 Å². The van der Waals surface area contributed by atoms with Gasteiger partial charge in [-0.3, -0.25) is 0 Å². The zero-order valence-electron chi connectivity index (χ0n) is 93.2. The van der Waals surface area contributed by atoms with Crippen molar-refractivity contribution in [2.24, 2.45) is 0 Å². The fourth-order valence-corrected chi connectivity index (χ4v) is 16.7. The van der Waals surface area contributed by atoms with Crippen molar-refractivity contribution in [2.75, 3.05) is 0 Å². The zero-order chi connectivity index (χ0) is 103. The molecule has 0 saturated heterocycles. The van der Waals surface area contributed by atoms with Gasteiger partial charge in [0.05, 0.1) is 0 Å². The topological polar surface area (TPSA) is 0 Å². The second-order valence-electron chi connectivity index (χ2n) is 27.8. The fraction of sp³-hybridized carbons (Fsp3) is 0.309. The lowest BCUT2D eigenvalue weighted by Crippen LogP contribution is -1.85. The Morgan fingerprint density at radius 3 is 0.566 bits per heavy atom. The van der Waals surface area contributed by atoms with Crippen molar-refractivity contribution in [3.05, 3.63) is 361 Å². The summed E-state index contributed by atoms with van der Waals surface area (Å²) in [5, 5.41) is 46.5. The molecule has 724 valence electrons.